The molecule has 3 aromatic rings. The smallest absolute Gasteiger partial charge is 0.328 e. The maximum absolute atomic E-state index is 14.4. The Balaban J connectivity index is 1.19. The second kappa shape index (κ2) is 18.5. The monoisotopic (exact) mass is 737 g/mol. The number of anilines is 1. The molecule has 3 saturated heterocycles. The minimum Gasteiger partial charge on any atom is -0.467 e. The van der Waals surface area contributed by atoms with E-state index in [4.69, 9.17) is 4.74 Å². The molecule has 3 fully saturated rings. The summed E-state index contributed by atoms with van der Waals surface area (Å²) >= 11 is 1.69. The molecule has 10 heteroatoms. The number of amides is 3. The summed E-state index contributed by atoms with van der Waals surface area (Å²) in [5.41, 5.74) is 2.85. The van der Waals surface area contributed by atoms with Gasteiger partial charge in [-0.15, -0.1) is 11.8 Å². The van der Waals surface area contributed by atoms with Gasteiger partial charge in [-0.2, -0.15) is 0 Å². The third-order valence-electron chi connectivity index (χ3n) is 11.0. The molecule has 280 valence electrons. The summed E-state index contributed by atoms with van der Waals surface area (Å²) in [5.74, 6) is -1.48. The number of nitrogens with one attached hydrogen (secondary N) is 1. The molecule has 3 amide bonds. The Morgan fingerprint density at radius 3 is 2.06 bits per heavy atom. The number of fused-ring (bicyclic) bond motifs is 1. The highest BCUT2D eigenvalue weighted by molar-refractivity contribution is 7.99. The van der Waals surface area contributed by atoms with Crippen LogP contribution >= 0.6 is 11.8 Å². The number of nitrogens with zero attached hydrogens (tertiary/aromatic N) is 2. The van der Waals surface area contributed by atoms with Gasteiger partial charge in [-0.1, -0.05) is 78.9 Å². The normalized spacial score (nSPS) is 23.0. The summed E-state index contributed by atoms with van der Waals surface area (Å²) in [7, 11) is 1.36. The largest absolute Gasteiger partial charge is 0.467 e. The van der Waals surface area contributed by atoms with Crippen molar-refractivity contribution in [2.75, 3.05) is 24.3 Å². The Morgan fingerprint density at radius 2 is 1.40 bits per heavy atom. The van der Waals surface area contributed by atoms with Crippen molar-refractivity contribution in [1.82, 2.24) is 10.2 Å². The second-order valence-electron chi connectivity index (χ2n) is 14.6. The third kappa shape index (κ3) is 9.76. The lowest BCUT2D eigenvalue weighted by Crippen LogP contribution is -2.53. The van der Waals surface area contributed by atoms with Crippen LogP contribution in [0, 0.1) is 17.8 Å². The number of Topliss-reactive ketones (excluding diaryl/α,β-unsaturated/α-hetero) is 1. The predicted molar refractivity (Wildman–Crippen MR) is 207 cm³/mol. The average molecular weight is 738 g/mol. The van der Waals surface area contributed by atoms with Crippen LogP contribution in [0.25, 0.3) is 0 Å². The van der Waals surface area contributed by atoms with Crippen LogP contribution in [0.4, 0.5) is 5.69 Å². The summed E-state index contributed by atoms with van der Waals surface area (Å²) < 4.78 is 5.08. The maximum atomic E-state index is 14.4. The molecule has 3 heterocycles. The first-order valence-corrected chi connectivity index (χ1v) is 20.2. The van der Waals surface area contributed by atoms with E-state index in [0.29, 0.717) is 51.5 Å². The number of methoxy groups -OCH3 is 1. The number of hydrogen-bond acceptors (Lipinski definition) is 7. The molecule has 0 saturated carbocycles. The van der Waals surface area contributed by atoms with Crippen molar-refractivity contribution in [3.63, 3.8) is 0 Å². The Labute approximate surface area is 317 Å². The van der Waals surface area contributed by atoms with Crippen molar-refractivity contribution in [2.24, 2.45) is 17.8 Å². The Bertz CT molecular complexity index is 1710. The first-order chi connectivity index (χ1) is 25.8. The van der Waals surface area contributed by atoms with Crippen molar-refractivity contribution in [1.29, 1.82) is 0 Å². The first-order valence-electron chi connectivity index (χ1n) is 19.1. The van der Waals surface area contributed by atoms with Gasteiger partial charge in [0.15, 0.2) is 0 Å². The van der Waals surface area contributed by atoms with Crippen LogP contribution in [0.2, 0.25) is 0 Å². The molecule has 0 aromatic heterocycles. The topological polar surface area (TPSA) is 113 Å². The van der Waals surface area contributed by atoms with E-state index in [9.17, 15) is 24.0 Å². The standard InChI is InChI=1S/C43H51N3O6S/c1-52-43(51)37-20-11-21-39-46(37)41(49)34(24-26-53-39)29-38(47)32(27-30-13-5-2-6-14-30)22-23-33(28-31-15-7-3-8-16-31)40(48)44-36-19-12-25-45(42(36)50)35-17-9-4-10-18-35/h2-10,13-18,32-34,36-37,39H,11-12,19-29H2,1H3,(H,44,48)/t32-,33-,34-,36+,37+,39+/m1/s1. The second-order valence-corrected chi connectivity index (χ2v) is 15.9. The highest BCUT2D eigenvalue weighted by Crippen LogP contribution is 2.38. The highest BCUT2D eigenvalue weighted by Gasteiger charge is 2.44. The van der Waals surface area contributed by atoms with E-state index in [-0.39, 0.29) is 35.3 Å². The molecule has 1 N–H and O–H groups in total. The van der Waals surface area contributed by atoms with Gasteiger partial charge >= 0.3 is 5.97 Å². The number of ketones is 1. The van der Waals surface area contributed by atoms with Gasteiger partial charge in [0.25, 0.3) is 0 Å². The van der Waals surface area contributed by atoms with Crippen molar-refractivity contribution in [2.45, 2.75) is 88.1 Å². The van der Waals surface area contributed by atoms with Gasteiger partial charge in [0.05, 0.1) is 12.5 Å². The van der Waals surface area contributed by atoms with E-state index in [1.54, 1.807) is 21.6 Å². The first kappa shape index (κ1) is 38.3. The number of esters is 1. The van der Waals surface area contributed by atoms with Crippen molar-refractivity contribution in [3.05, 3.63) is 102 Å². The van der Waals surface area contributed by atoms with E-state index in [0.717, 1.165) is 41.8 Å². The molecule has 6 atom stereocenters. The molecule has 3 aliphatic rings. The van der Waals surface area contributed by atoms with Gasteiger partial charge < -0.3 is 19.9 Å². The van der Waals surface area contributed by atoms with Gasteiger partial charge in [0.1, 0.15) is 17.9 Å². The molecule has 6 rings (SSSR count). The van der Waals surface area contributed by atoms with Crippen LogP contribution in [0.15, 0.2) is 91.0 Å². The van der Waals surface area contributed by atoms with Gasteiger partial charge in [-0.3, -0.25) is 19.2 Å². The van der Waals surface area contributed by atoms with Gasteiger partial charge in [-0.05, 0) is 93.2 Å². The molecule has 3 aromatic carbocycles. The fraction of sp³-hybridized carbons (Fsp3) is 0.465. The molecular formula is C43H51N3O6S. The molecule has 3 aliphatic heterocycles. The summed E-state index contributed by atoms with van der Waals surface area (Å²) in [5, 5.41) is 3.02. The highest BCUT2D eigenvalue weighted by atomic mass is 32.2. The summed E-state index contributed by atoms with van der Waals surface area (Å²) in [6, 6.07) is 28.0. The molecule has 0 bridgehead atoms. The van der Waals surface area contributed by atoms with Gasteiger partial charge in [0, 0.05) is 36.4 Å². The van der Waals surface area contributed by atoms with Crippen LogP contribution < -0.4 is 10.2 Å². The predicted octanol–water partition coefficient (Wildman–Crippen LogP) is 6.39. The number of carbonyl (C=O) groups is 5. The van der Waals surface area contributed by atoms with E-state index < -0.39 is 35.8 Å². The molecular weight excluding hydrogens is 687 g/mol. The van der Waals surface area contributed by atoms with Crippen LogP contribution in [-0.2, 0) is 41.6 Å². The van der Waals surface area contributed by atoms with Crippen LogP contribution in [0.1, 0.15) is 68.9 Å². The van der Waals surface area contributed by atoms with Gasteiger partial charge in [0.2, 0.25) is 17.7 Å². The quantitative estimate of drug-likeness (QED) is 0.191. The van der Waals surface area contributed by atoms with Crippen LogP contribution in [0.3, 0.4) is 0 Å². The SMILES string of the molecule is COC(=O)[C@@H]1CCC[C@@H]2SCC[C@H](CC(=O)[C@H](CC[C@H](Cc3ccccc3)C(=O)N[C@H]3CCCN(c4ccccc4)C3=O)Cc3ccccc3)C(=O)N21. The molecule has 0 aliphatic carbocycles. The number of hydrogen-bond donors (Lipinski definition) is 1. The number of rotatable bonds is 14. The zero-order valence-corrected chi connectivity index (χ0v) is 31.4. The van der Waals surface area contributed by atoms with Crippen molar-refractivity contribution in [3.8, 4) is 0 Å². The number of para-hydroxylation sites is 1. The summed E-state index contributed by atoms with van der Waals surface area (Å²) in [6.45, 7) is 0.607. The maximum Gasteiger partial charge on any atom is 0.328 e. The zero-order chi connectivity index (χ0) is 37.2. The molecule has 9 nitrogen and oxygen atoms in total. The number of thioether (sulfide) groups is 1. The number of piperidine rings is 2. The number of carbonyl (C=O) groups excluding carboxylic acids is 5. The molecule has 0 radical (unpaired) electrons. The van der Waals surface area contributed by atoms with Gasteiger partial charge in [-0.25, -0.2) is 4.79 Å². The van der Waals surface area contributed by atoms with E-state index in [2.05, 4.69) is 5.32 Å². The summed E-state index contributed by atoms with van der Waals surface area (Å²) in [4.78, 5) is 72.4. The zero-order valence-electron chi connectivity index (χ0n) is 30.6. The van der Waals surface area contributed by atoms with Crippen LogP contribution in [0.5, 0.6) is 0 Å². The number of benzene rings is 3. The Morgan fingerprint density at radius 1 is 0.774 bits per heavy atom. The lowest BCUT2D eigenvalue weighted by atomic mass is 9.82. The minimum absolute atomic E-state index is 0.00195. The van der Waals surface area contributed by atoms with E-state index in [1.165, 1.54) is 7.11 Å². The van der Waals surface area contributed by atoms with Crippen molar-refractivity contribution < 1.29 is 28.7 Å². The average Bonchev–Trinajstić information content (AvgIpc) is 3.35. The van der Waals surface area contributed by atoms with E-state index in [1.807, 2.05) is 91.0 Å². The minimum atomic E-state index is -0.623. The summed E-state index contributed by atoms with van der Waals surface area (Å²) in [6.07, 6.45) is 6.13. The van der Waals surface area contributed by atoms with Crippen LogP contribution in [-0.4, -0.2) is 71.2 Å². The Kier molecular flexibility index (Phi) is 13.4. The fourth-order valence-electron chi connectivity index (χ4n) is 8.14. The lowest BCUT2D eigenvalue weighted by molar-refractivity contribution is -0.157. The molecule has 0 unspecified atom stereocenters. The van der Waals surface area contributed by atoms with Crippen molar-refractivity contribution >= 4 is 46.9 Å². The molecule has 53 heavy (non-hydrogen) atoms. The lowest BCUT2D eigenvalue weighted by Gasteiger charge is -2.40. The fourth-order valence-corrected chi connectivity index (χ4v) is 9.57. The Hall–Kier alpha value is -4.44. The molecule has 0 spiro atoms. The van der Waals surface area contributed by atoms with E-state index >= 15 is 0 Å². The third-order valence-corrected chi connectivity index (χ3v) is 12.4. The number of ether oxygens (including phenoxy) is 1.